The van der Waals surface area contributed by atoms with Gasteiger partial charge in [-0.25, -0.2) is 19.7 Å². The number of hydrogen-bond acceptors (Lipinski definition) is 8. The van der Waals surface area contributed by atoms with Gasteiger partial charge in [0.2, 0.25) is 0 Å². The lowest BCUT2D eigenvalue weighted by Crippen LogP contribution is -2.31. The molecule has 0 spiro atoms. The number of alkyl halides is 4. The third-order valence-corrected chi connectivity index (χ3v) is 5.32. The van der Waals surface area contributed by atoms with Crippen LogP contribution in [-0.4, -0.2) is 31.7 Å². The Morgan fingerprint density at radius 1 is 1.00 bits per heavy atom. The molecule has 0 aliphatic carbocycles. The van der Waals surface area contributed by atoms with Gasteiger partial charge < -0.3 is 10.1 Å². The number of nitrogens with zero attached hydrogens (tertiary/aromatic N) is 4. The number of thioether (sulfide) groups is 1. The number of nitrogens with one attached hydrogen (secondary N) is 1. The Morgan fingerprint density at radius 2 is 1.74 bits per heavy atom. The Bertz CT molecular complexity index is 1330. The Hall–Kier alpha value is -3.80. The van der Waals surface area contributed by atoms with Crippen molar-refractivity contribution in [2.45, 2.75) is 30.0 Å². The lowest BCUT2D eigenvalue weighted by Gasteiger charge is -2.18. The molecule has 0 fully saturated rings. The van der Waals surface area contributed by atoms with Gasteiger partial charge in [-0.15, -0.1) is 0 Å². The molecule has 7 nitrogen and oxygen atoms in total. The highest BCUT2D eigenvalue weighted by atomic mass is 32.2. The quantitative estimate of drug-likeness (QED) is 0.145. The number of fused-ring (bicyclic) bond motifs is 1. The van der Waals surface area contributed by atoms with Crippen LogP contribution in [0.2, 0.25) is 0 Å². The van der Waals surface area contributed by atoms with Crippen molar-refractivity contribution in [2.75, 3.05) is 5.32 Å². The van der Waals surface area contributed by atoms with Gasteiger partial charge in [0.1, 0.15) is 18.1 Å². The highest BCUT2D eigenvalue weighted by Crippen LogP contribution is 2.32. The second-order valence-electron chi connectivity index (χ2n) is 7.11. The maximum atomic E-state index is 15.0. The first kappa shape index (κ1) is 24.3. The zero-order chi connectivity index (χ0) is 24.8. The van der Waals surface area contributed by atoms with E-state index in [4.69, 9.17) is 4.74 Å². The molecule has 1 N–H and O–H groups in total. The van der Waals surface area contributed by atoms with Gasteiger partial charge in [0, 0.05) is 18.9 Å². The van der Waals surface area contributed by atoms with E-state index >= 15 is 8.78 Å². The summed E-state index contributed by atoms with van der Waals surface area (Å²) in [6, 6.07) is 14.4. The lowest BCUT2D eigenvalue weighted by atomic mass is 10.1. The number of ether oxygens (including phenoxy) is 1. The molecule has 180 valence electrons. The van der Waals surface area contributed by atoms with Gasteiger partial charge in [-0.1, -0.05) is 36.4 Å². The van der Waals surface area contributed by atoms with Crippen LogP contribution in [-0.2, 0) is 28.6 Å². The van der Waals surface area contributed by atoms with Crippen molar-refractivity contribution in [2.24, 2.45) is 0 Å². The fraction of sp³-hybridized carbons (Fsp3) is 0.174. The Morgan fingerprint density at radius 3 is 2.51 bits per heavy atom. The highest BCUT2D eigenvalue weighted by Gasteiger charge is 2.46. The molecule has 0 aliphatic rings. The van der Waals surface area contributed by atoms with Crippen LogP contribution in [0.4, 0.5) is 23.4 Å². The molecule has 0 unspecified atom stereocenters. The fourth-order valence-corrected chi connectivity index (χ4v) is 3.61. The lowest BCUT2D eigenvalue weighted by molar-refractivity contribution is -0.175. The van der Waals surface area contributed by atoms with Crippen molar-refractivity contribution in [3.63, 3.8) is 0 Å². The van der Waals surface area contributed by atoms with Crippen LogP contribution in [0.5, 0.6) is 0 Å². The minimum atomic E-state index is -4.03. The Kier molecular flexibility index (Phi) is 7.39. The maximum Gasteiger partial charge on any atom is 0.384 e. The van der Waals surface area contributed by atoms with Gasteiger partial charge in [0.25, 0.3) is 5.76 Å². The summed E-state index contributed by atoms with van der Waals surface area (Å²) < 4.78 is 60.5. The molecule has 3 heterocycles. The van der Waals surface area contributed by atoms with Crippen molar-refractivity contribution < 1.29 is 27.1 Å². The number of aromatic nitrogens is 4. The average molecular weight is 503 g/mol. The number of esters is 1. The van der Waals surface area contributed by atoms with Gasteiger partial charge in [-0.05, 0) is 41.1 Å². The molecular formula is C23H17F4N5O2S. The van der Waals surface area contributed by atoms with E-state index in [1.807, 2.05) is 0 Å². The average Bonchev–Trinajstić information content (AvgIpc) is 2.86. The van der Waals surface area contributed by atoms with Gasteiger partial charge >= 0.3 is 11.9 Å². The van der Waals surface area contributed by atoms with Gasteiger partial charge in [-0.2, -0.15) is 17.6 Å². The third kappa shape index (κ3) is 5.83. The number of benzene rings is 1. The number of carbonyl (C=O) groups excluding carboxylic acids is 1. The molecule has 4 aromatic rings. The minimum absolute atomic E-state index is 0.00660. The number of pyridine rings is 2. The van der Waals surface area contributed by atoms with E-state index in [0.29, 0.717) is 10.9 Å². The summed E-state index contributed by atoms with van der Waals surface area (Å²) in [5, 5.41) is 3.03. The smallest absolute Gasteiger partial charge is 0.384 e. The number of hydrogen-bond donors (Lipinski definition) is 1. The van der Waals surface area contributed by atoms with Crippen LogP contribution >= 0.6 is 11.8 Å². The second-order valence-corrected chi connectivity index (χ2v) is 8.07. The normalized spacial score (nSPS) is 11.6. The summed E-state index contributed by atoms with van der Waals surface area (Å²) in [5.74, 6) is -8.40. The molecule has 3 aromatic heterocycles. The first-order valence-corrected chi connectivity index (χ1v) is 11.1. The Labute approximate surface area is 201 Å². The van der Waals surface area contributed by atoms with Crippen LogP contribution in [0, 0.1) is 0 Å². The van der Waals surface area contributed by atoms with E-state index in [-0.39, 0.29) is 47.1 Å². The predicted octanol–water partition coefficient (Wildman–Crippen LogP) is 5.18. The van der Waals surface area contributed by atoms with Crippen LogP contribution in [0.25, 0.3) is 11.0 Å². The SMILES string of the molecule is O=C(OCc1ccccc1)C(F)(F)c1ncccc1CNc1nc(SC(F)F)nc2ncccc12. The standard InChI is InChI=1S/C23H17F4N5O2S/c24-21(25)35-22-31-18-16(9-5-11-29-18)19(32-22)30-12-15-8-4-10-28-17(15)23(26,27)20(33)34-13-14-6-2-1-3-7-14/h1-11,21H,12-13H2,(H,29,30,31,32). The van der Waals surface area contributed by atoms with Crippen LogP contribution in [0.1, 0.15) is 16.8 Å². The van der Waals surface area contributed by atoms with E-state index in [0.717, 1.165) is 6.20 Å². The zero-order valence-electron chi connectivity index (χ0n) is 17.9. The fourth-order valence-electron chi connectivity index (χ4n) is 3.16. The topological polar surface area (TPSA) is 89.9 Å². The van der Waals surface area contributed by atoms with E-state index < -0.39 is 23.3 Å². The molecule has 1 aromatic carbocycles. The first-order valence-electron chi connectivity index (χ1n) is 10.2. The van der Waals surface area contributed by atoms with Gasteiger partial charge in [0.15, 0.2) is 10.8 Å². The molecule has 0 radical (unpaired) electrons. The van der Waals surface area contributed by atoms with Crippen molar-refractivity contribution >= 4 is 34.6 Å². The van der Waals surface area contributed by atoms with E-state index in [2.05, 4.69) is 25.3 Å². The summed E-state index contributed by atoms with van der Waals surface area (Å²) in [7, 11) is 0. The molecule has 4 rings (SSSR count). The van der Waals surface area contributed by atoms with E-state index in [1.54, 1.807) is 42.5 Å². The largest absolute Gasteiger partial charge is 0.456 e. The van der Waals surface area contributed by atoms with Crippen molar-refractivity contribution in [1.82, 2.24) is 19.9 Å². The summed E-state index contributed by atoms with van der Waals surface area (Å²) in [4.78, 5) is 28.1. The van der Waals surface area contributed by atoms with Crippen molar-refractivity contribution in [3.05, 3.63) is 83.8 Å². The molecule has 0 saturated heterocycles. The zero-order valence-corrected chi connectivity index (χ0v) is 18.7. The van der Waals surface area contributed by atoms with Gasteiger partial charge in [0.05, 0.1) is 5.39 Å². The molecule has 0 bridgehead atoms. The number of halogens is 4. The van der Waals surface area contributed by atoms with Crippen LogP contribution in [0.3, 0.4) is 0 Å². The molecule has 35 heavy (non-hydrogen) atoms. The number of carbonyl (C=O) groups is 1. The number of anilines is 1. The predicted molar refractivity (Wildman–Crippen MR) is 121 cm³/mol. The summed E-state index contributed by atoms with van der Waals surface area (Å²) in [6.45, 7) is -0.551. The first-order chi connectivity index (χ1) is 16.8. The second kappa shape index (κ2) is 10.6. The molecular weight excluding hydrogens is 486 g/mol. The van der Waals surface area contributed by atoms with Crippen LogP contribution < -0.4 is 5.32 Å². The number of rotatable bonds is 9. The highest BCUT2D eigenvalue weighted by molar-refractivity contribution is 7.99. The summed E-state index contributed by atoms with van der Waals surface area (Å²) >= 11 is 0.135. The van der Waals surface area contributed by atoms with Crippen molar-refractivity contribution in [3.8, 4) is 0 Å². The molecule has 0 amide bonds. The molecule has 0 aliphatic heterocycles. The van der Waals surface area contributed by atoms with E-state index in [9.17, 15) is 13.6 Å². The van der Waals surface area contributed by atoms with Gasteiger partial charge in [-0.3, -0.25) is 4.98 Å². The molecule has 0 atom stereocenters. The summed E-state index contributed by atoms with van der Waals surface area (Å²) in [5.41, 5.74) is -0.0761. The third-order valence-electron chi connectivity index (χ3n) is 4.75. The van der Waals surface area contributed by atoms with Crippen molar-refractivity contribution in [1.29, 1.82) is 0 Å². The molecule has 0 saturated carbocycles. The monoisotopic (exact) mass is 503 g/mol. The van der Waals surface area contributed by atoms with E-state index in [1.165, 1.54) is 18.3 Å². The summed E-state index contributed by atoms with van der Waals surface area (Å²) in [6.07, 6.45) is 2.58. The molecule has 12 heteroatoms. The maximum absolute atomic E-state index is 15.0. The minimum Gasteiger partial charge on any atom is -0.456 e. The Balaban J connectivity index is 1.56. The van der Waals surface area contributed by atoms with Crippen LogP contribution in [0.15, 0.2) is 72.1 Å².